The molecule has 0 unspecified atom stereocenters. The van der Waals surface area contributed by atoms with Crippen LogP contribution in [0.4, 0.5) is 16.2 Å². The summed E-state index contributed by atoms with van der Waals surface area (Å²) in [5, 5.41) is 9.51. The number of nitrogens with two attached hydrogens (primary N) is 1. The lowest BCUT2D eigenvalue weighted by Crippen LogP contribution is -2.45. The summed E-state index contributed by atoms with van der Waals surface area (Å²) < 4.78 is 0. The molecule has 0 fully saturated rings. The zero-order valence-corrected chi connectivity index (χ0v) is 15.1. The zero-order chi connectivity index (χ0) is 17.7. The molecule has 0 heterocycles. The van der Waals surface area contributed by atoms with Crippen LogP contribution in [0, 0.1) is 0 Å². The summed E-state index contributed by atoms with van der Waals surface area (Å²) >= 11 is 1.78. The number of rotatable bonds is 5. The molecule has 3 N–H and O–H groups in total. The molecule has 2 aromatic carbocycles. The quantitative estimate of drug-likeness (QED) is 0.750. The third kappa shape index (κ3) is 4.93. The lowest BCUT2D eigenvalue weighted by molar-refractivity contribution is 0.195. The Bertz CT molecular complexity index is 711. The second-order valence-electron chi connectivity index (χ2n) is 6.70. The minimum atomic E-state index is -0.938. The summed E-state index contributed by atoms with van der Waals surface area (Å²) in [5.41, 5.74) is 9.09. The Morgan fingerprint density at radius 2 is 1.67 bits per heavy atom. The molecule has 0 aliphatic carbocycles. The van der Waals surface area contributed by atoms with Crippen molar-refractivity contribution in [3.8, 4) is 0 Å². The molecule has 0 radical (unpaired) electrons. The second kappa shape index (κ2) is 7.62. The van der Waals surface area contributed by atoms with Crippen molar-refractivity contribution in [2.45, 2.75) is 37.8 Å². The van der Waals surface area contributed by atoms with Crippen molar-refractivity contribution in [3.63, 3.8) is 0 Å². The van der Waals surface area contributed by atoms with Gasteiger partial charge in [-0.15, -0.1) is 0 Å². The Morgan fingerprint density at radius 3 is 2.21 bits per heavy atom. The van der Waals surface area contributed by atoms with Gasteiger partial charge >= 0.3 is 6.09 Å². The van der Waals surface area contributed by atoms with Gasteiger partial charge in [0.2, 0.25) is 0 Å². The molecule has 0 aromatic heterocycles. The van der Waals surface area contributed by atoms with Crippen LogP contribution >= 0.6 is 11.8 Å². The number of benzene rings is 2. The van der Waals surface area contributed by atoms with Crippen molar-refractivity contribution in [3.05, 3.63) is 59.7 Å². The number of carboxylic acid groups (broad SMARTS) is 1. The largest absolute Gasteiger partial charge is 0.465 e. The van der Waals surface area contributed by atoms with Crippen LogP contribution in [0.3, 0.4) is 0 Å². The first-order valence-corrected chi connectivity index (χ1v) is 8.97. The summed E-state index contributed by atoms with van der Waals surface area (Å²) in [6.07, 6.45) is -0.938. The molecule has 0 aliphatic heterocycles. The third-order valence-corrected chi connectivity index (χ3v) is 4.59. The van der Waals surface area contributed by atoms with Gasteiger partial charge in [0.25, 0.3) is 0 Å². The highest BCUT2D eigenvalue weighted by Gasteiger charge is 2.27. The summed E-state index contributed by atoms with van der Waals surface area (Å²) in [5.74, 6) is 1.69. The molecule has 24 heavy (non-hydrogen) atoms. The standard InChI is InChI=1S/C19H24N2O2S/c1-19(2,3)21(18(22)23)17-9-5-7-15(11-17)13-24-12-14-6-4-8-16(20)10-14/h4-11H,12-13,20H2,1-3H3,(H,22,23). The monoisotopic (exact) mass is 344 g/mol. The molecular formula is C19H24N2O2S. The highest BCUT2D eigenvalue weighted by Crippen LogP contribution is 2.27. The smallest absolute Gasteiger partial charge is 0.412 e. The normalized spacial score (nSPS) is 11.3. The number of carbonyl (C=O) groups is 1. The fourth-order valence-corrected chi connectivity index (χ4v) is 3.47. The van der Waals surface area contributed by atoms with Crippen molar-refractivity contribution in [1.82, 2.24) is 0 Å². The number of thioether (sulfide) groups is 1. The molecule has 2 aromatic rings. The van der Waals surface area contributed by atoms with Crippen LogP contribution in [0.5, 0.6) is 0 Å². The Labute approximate surface area is 147 Å². The van der Waals surface area contributed by atoms with E-state index < -0.39 is 11.6 Å². The van der Waals surface area contributed by atoms with Gasteiger partial charge in [0.1, 0.15) is 0 Å². The lowest BCUT2D eigenvalue weighted by Gasteiger charge is -2.33. The summed E-state index contributed by atoms with van der Waals surface area (Å²) in [6, 6.07) is 15.6. The van der Waals surface area contributed by atoms with Crippen LogP contribution < -0.4 is 10.6 Å². The number of hydrogen-bond acceptors (Lipinski definition) is 3. The highest BCUT2D eigenvalue weighted by atomic mass is 32.2. The first-order chi connectivity index (χ1) is 11.3. The molecule has 0 atom stereocenters. The minimum Gasteiger partial charge on any atom is -0.465 e. The third-order valence-electron chi connectivity index (χ3n) is 3.52. The van der Waals surface area contributed by atoms with E-state index in [0.717, 1.165) is 22.8 Å². The van der Waals surface area contributed by atoms with Crippen molar-refractivity contribution in [1.29, 1.82) is 0 Å². The number of amides is 1. The number of nitrogen functional groups attached to an aromatic ring is 1. The highest BCUT2D eigenvalue weighted by molar-refractivity contribution is 7.97. The molecule has 128 valence electrons. The predicted octanol–water partition coefficient (Wildman–Crippen LogP) is 4.99. The Balaban J connectivity index is 2.06. The van der Waals surface area contributed by atoms with Gasteiger partial charge in [0.15, 0.2) is 0 Å². The molecule has 0 saturated carbocycles. The summed E-state index contributed by atoms with van der Waals surface area (Å²) in [6.45, 7) is 5.67. The van der Waals surface area contributed by atoms with Crippen LogP contribution in [0.1, 0.15) is 31.9 Å². The first kappa shape index (κ1) is 18.2. The van der Waals surface area contributed by atoms with E-state index in [4.69, 9.17) is 5.73 Å². The predicted molar refractivity (Wildman–Crippen MR) is 103 cm³/mol. The molecule has 5 heteroatoms. The molecular weight excluding hydrogens is 320 g/mol. The van der Waals surface area contributed by atoms with E-state index in [0.29, 0.717) is 5.69 Å². The molecule has 2 rings (SSSR count). The number of nitrogens with zero attached hydrogens (tertiary/aromatic N) is 1. The van der Waals surface area contributed by atoms with Crippen molar-refractivity contribution < 1.29 is 9.90 Å². The fraction of sp³-hybridized carbons (Fsp3) is 0.316. The Morgan fingerprint density at radius 1 is 1.08 bits per heavy atom. The second-order valence-corrected chi connectivity index (χ2v) is 7.68. The van der Waals surface area contributed by atoms with Crippen LogP contribution in [0.25, 0.3) is 0 Å². The van der Waals surface area contributed by atoms with E-state index in [-0.39, 0.29) is 0 Å². The zero-order valence-electron chi connectivity index (χ0n) is 14.3. The Hall–Kier alpha value is -2.14. The average molecular weight is 344 g/mol. The van der Waals surface area contributed by atoms with Gasteiger partial charge in [-0.1, -0.05) is 24.3 Å². The van der Waals surface area contributed by atoms with Crippen molar-refractivity contribution >= 4 is 29.2 Å². The van der Waals surface area contributed by atoms with Crippen LogP contribution in [-0.2, 0) is 11.5 Å². The first-order valence-electron chi connectivity index (χ1n) is 7.81. The van der Waals surface area contributed by atoms with Crippen LogP contribution in [-0.4, -0.2) is 16.7 Å². The summed E-state index contributed by atoms with van der Waals surface area (Å²) in [4.78, 5) is 13.0. The SMILES string of the molecule is CC(C)(C)N(C(=O)O)c1cccc(CSCc2cccc(N)c2)c1. The average Bonchev–Trinajstić information content (AvgIpc) is 2.46. The molecule has 0 saturated heterocycles. The van der Waals surface area contributed by atoms with Gasteiger partial charge in [0, 0.05) is 28.4 Å². The lowest BCUT2D eigenvalue weighted by atomic mass is 10.0. The van der Waals surface area contributed by atoms with E-state index in [9.17, 15) is 9.90 Å². The van der Waals surface area contributed by atoms with E-state index in [1.54, 1.807) is 11.8 Å². The minimum absolute atomic E-state index is 0.487. The van der Waals surface area contributed by atoms with Crippen molar-refractivity contribution in [2.75, 3.05) is 10.6 Å². The van der Waals surface area contributed by atoms with Gasteiger partial charge in [-0.25, -0.2) is 4.79 Å². The molecule has 0 spiro atoms. The van der Waals surface area contributed by atoms with Crippen molar-refractivity contribution in [2.24, 2.45) is 0 Å². The molecule has 0 aliphatic rings. The van der Waals surface area contributed by atoms with Crippen LogP contribution in [0.15, 0.2) is 48.5 Å². The molecule has 0 bridgehead atoms. The van der Waals surface area contributed by atoms with E-state index in [1.165, 1.54) is 10.5 Å². The number of hydrogen-bond donors (Lipinski definition) is 2. The fourth-order valence-electron chi connectivity index (χ4n) is 2.54. The van der Waals surface area contributed by atoms with Gasteiger partial charge in [-0.05, 0) is 56.2 Å². The maximum atomic E-state index is 11.6. The van der Waals surface area contributed by atoms with E-state index in [1.807, 2.05) is 63.2 Å². The van der Waals surface area contributed by atoms with Gasteiger partial charge in [-0.2, -0.15) is 11.8 Å². The van der Waals surface area contributed by atoms with Gasteiger partial charge in [-0.3, -0.25) is 4.90 Å². The molecule has 1 amide bonds. The maximum Gasteiger partial charge on any atom is 0.412 e. The van der Waals surface area contributed by atoms with Crippen LogP contribution in [0.2, 0.25) is 0 Å². The molecule has 4 nitrogen and oxygen atoms in total. The van der Waals surface area contributed by atoms with Gasteiger partial charge < -0.3 is 10.8 Å². The van der Waals surface area contributed by atoms with E-state index >= 15 is 0 Å². The summed E-state index contributed by atoms with van der Waals surface area (Å²) in [7, 11) is 0. The Kier molecular flexibility index (Phi) is 5.78. The number of anilines is 2. The van der Waals surface area contributed by atoms with Gasteiger partial charge in [0.05, 0.1) is 0 Å². The van der Waals surface area contributed by atoms with E-state index in [2.05, 4.69) is 6.07 Å². The maximum absolute atomic E-state index is 11.6. The topological polar surface area (TPSA) is 66.6 Å².